The highest BCUT2D eigenvalue weighted by Crippen LogP contribution is 2.29. The Morgan fingerprint density at radius 3 is 1.80 bits per heavy atom. The van der Waals surface area contributed by atoms with Gasteiger partial charge >= 0.3 is 12.0 Å². The second-order valence-electron chi connectivity index (χ2n) is 4.79. The lowest BCUT2D eigenvalue weighted by Gasteiger charge is -2.28. The van der Waals surface area contributed by atoms with E-state index in [9.17, 15) is 19.2 Å². The van der Waals surface area contributed by atoms with Crippen molar-refractivity contribution in [2.45, 2.75) is 12.8 Å². The van der Waals surface area contributed by atoms with Crippen LogP contribution in [0.3, 0.4) is 0 Å². The summed E-state index contributed by atoms with van der Waals surface area (Å²) in [6, 6.07) is -0.725. The fourth-order valence-corrected chi connectivity index (χ4v) is 1.75. The third-order valence-electron chi connectivity index (χ3n) is 2.74. The third-order valence-corrected chi connectivity index (χ3v) is 2.74. The van der Waals surface area contributed by atoms with Crippen molar-refractivity contribution in [3.05, 3.63) is 0 Å². The second-order valence-corrected chi connectivity index (χ2v) is 4.79. The van der Waals surface area contributed by atoms with Crippen LogP contribution >= 0.6 is 0 Å². The van der Waals surface area contributed by atoms with E-state index in [0.29, 0.717) is 0 Å². The number of aliphatic carboxylic acids is 1. The number of amides is 4. The molecule has 4 amide bonds. The SMILES string of the molecule is NC(=O)CN(CC(N)=O)C(=O)N(CC(=O)O)CC1CC1. The first-order chi connectivity index (χ1) is 9.29. The summed E-state index contributed by atoms with van der Waals surface area (Å²) in [5, 5.41) is 8.82. The van der Waals surface area contributed by atoms with E-state index in [2.05, 4.69) is 0 Å². The van der Waals surface area contributed by atoms with Gasteiger partial charge in [-0.25, -0.2) is 4.79 Å². The fraction of sp³-hybridized carbons (Fsp3) is 0.636. The van der Waals surface area contributed by atoms with E-state index >= 15 is 0 Å². The number of nitrogens with zero attached hydrogens (tertiary/aromatic N) is 2. The van der Waals surface area contributed by atoms with Gasteiger partial charge in [-0.05, 0) is 18.8 Å². The Bertz CT molecular complexity index is 405. The molecular formula is C11H18N4O5. The average Bonchev–Trinajstić information content (AvgIpc) is 3.08. The van der Waals surface area contributed by atoms with E-state index in [-0.39, 0.29) is 12.5 Å². The van der Waals surface area contributed by atoms with Gasteiger partial charge in [-0.3, -0.25) is 14.4 Å². The maximum atomic E-state index is 12.2. The van der Waals surface area contributed by atoms with Crippen molar-refractivity contribution in [1.82, 2.24) is 9.80 Å². The molecule has 0 saturated heterocycles. The number of carboxylic acid groups (broad SMARTS) is 1. The highest BCUT2D eigenvalue weighted by Gasteiger charge is 2.31. The number of carbonyl (C=O) groups is 4. The first-order valence-electron chi connectivity index (χ1n) is 6.11. The number of rotatable bonds is 8. The van der Waals surface area contributed by atoms with Gasteiger partial charge in [0.2, 0.25) is 11.8 Å². The van der Waals surface area contributed by atoms with Crippen LogP contribution in [0, 0.1) is 5.92 Å². The topological polar surface area (TPSA) is 147 Å². The molecule has 0 radical (unpaired) electrons. The quantitative estimate of drug-likeness (QED) is 0.480. The molecule has 1 rings (SSSR count). The Kier molecular flexibility index (Phi) is 5.30. The molecule has 1 fully saturated rings. The van der Waals surface area contributed by atoms with Gasteiger partial charge in [0.15, 0.2) is 0 Å². The van der Waals surface area contributed by atoms with Gasteiger partial charge < -0.3 is 26.4 Å². The molecular weight excluding hydrogens is 268 g/mol. The number of carbonyl (C=O) groups excluding carboxylic acids is 3. The van der Waals surface area contributed by atoms with E-state index in [1.54, 1.807) is 0 Å². The molecule has 0 spiro atoms. The Labute approximate surface area is 115 Å². The summed E-state index contributed by atoms with van der Waals surface area (Å²) >= 11 is 0. The highest BCUT2D eigenvalue weighted by molar-refractivity contribution is 5.88. The molecule has 0 heterocycles. The van der Waals surface area contributed by atoms with Gasteiger partial charge in [-0.15, -0.1) is 0 Å². The fourth-order valence-electron chi connectivity index (χ4n) is 1.75. The van der Waals surface area contributed by atoms with Crippen LogP contribution in [0.25, 0.3) is 0 Å². The minimum Gasteiger partial charge on any atom is -0.480 e. The lowest BCUT2D eigenvalue weighted by molar-refractivity contribution is -0.137. The molecule has 9 heteroatoms. The Balaban J connectivity index is 2.76. The van der Waals surface area contributed by atoms with E-state index in [1.807, 2.05) is 0 Å². The molecule has 5 N–H and O–H groups in total. The van der Waals surface area contributed by atoms with Gasteiger partial charge in [0.25, 0.3) is 0 Å². The van der Waals surface area contributed by atoms with E-state index in [1.165, 1.54) is 0 Å². The number of primary amides is 2. The second kappa shape index (κ2) is 6.73. The van der Waals surface area contributed by atoms with Gasteiger partial charge in [-0.2, -0.15) is 0 Å². The molecule has 1 aliphatic rings. The number of hydrogen-bond acceptors (Lipinski definition) is 4. The Hall–Kier alpha value is -2.32. The Morgan fingerprint density at radius 1 is 0.950 bits per heavy atom. The average molecular weight is 286 g/mol. The predicted octanol–water partition coefficient (Wildman–Crippen LogP) is -1.82. The van der Waals surface area contributed by atoms with Crippen molar-refractivity contribution in [3.8, 4) is 0 Å². The molecule has 112 valence electrons. The molecule has 9 nitrogen and oxygen atoms in total. The van der Waals surface area contributed by atoms with Crippen LogP contribution in [0.15, 0.2) is 0 Å². The van der Waals surface area contributed by atoms with Crippen LogP contribution in [0.2, 0.25) is 0 Å². The molecule has 0 bridgehead atoms. The lowest BCUT2D eigenvalue weighted by atomic mass is 10.3. The zero-order valence-corrected chi connectivity index (χ0v) is 10.9. The summed E-state index contributed by atoms with van der Waals surface area (Å²) < 4.78 is 0. The molecule has 0 atom stereocenters. The van der Waals surface area contributed by atoms with Crippen molar-refractivity contribution in [1.29, 1.82) is 0 Å². The standard InChI is InChI=1S/C11H18N4O5/c12-8(16)4-15(5-9(13)17)11(20)14(6-10(18)19)3-7-1-2-7/h7H,1-6H2,(H2,12,16)(H2,13,17)(H,18,19). The number of urea groups is 1. The highest BCUT2D eigenvalue weighted by atomic mass is 16.4. The molecule has 0 aromatic carbocycles. The van der Waals surface area contributed by atoms with Gasteiger partial charge in [0, 0.05) is 6.54 Å². The largest absolute Gasteiger partial charge is 0.480 e. The van der Waals surface area contributed by atoms with Crippen molar-refractivity contribution in [3.63, 3.8) is 0 Å². The molecule has 20 heavy (non-hydrogen) atoms. The van der Waals surface area contributed by atoms with Crippen molar-refractivity contribution in [2.75, 3.05) is 26.2 Å². The van der Waals surface area contributed by atoms with Gasteiger partial charge in [0.1, 0.15) is 19.6 Å². The lowest BCUT2D eigenvalue weighted by Crippen LogP contribution is -2.51. The zero-order chi connectivity index (χ0) is 15.3. The van der Waals surface area contributed by atoms with Crippen LogP contribution < -0.4 is 11.5 Å². The molecule has 0 aromatic heterocycles. The normalized spacial score (nSPS) is 13.6. The summed E-state index contributed by atoms with van der Waals surface area (Å²) in [5.41, 5.74) is 10.0. The number of hydrogen-bond donors (Lipinski definition) is 3. The monoisotopic (exact) mass is 286 g/mol. The first kappa shape index (κ1) is 15.7. The summed E-state index contributed by atoms with van der Waals surface area (Å²) in [5.74, 6) is -2.51. The van der Waals surface area contributed by atoms with E-state index in [0.717, 1.165) is 22.6 Å². The van der Waals surface area contributed by atoms with Crippen LogP contribution in [0.4, 0.5) is 4.79 Å². The van der Waals surface area contributed by atoms with Crippen molar-refractivity contribution >= 4 is 23.8 Å². The maximum Gasteiger partial charge on any atom is 0.323 e. The predicted molar refractivity (Wildman–Crippen MR) is 67.3 cm³/mol. The zero-order valence-electron chi connectivity index (χ0n) is 10.9. The minimum absolute atomic E-state index is 0.266. The number of carboxylic acids is 1. The maximum absolute atomic E-state index is 12.2. The number of nitrogens with two attached hydrogens (primary N) is 2. The van der Waals surface area contributed by atoms with Crippen LogP contribution in [0.1, 0.15) is 12.8 Å². The molecule has 0 aromatic rings. The molecule has 1 aliphatic carbocycles. The molecule has 0 aliphatic heterocycles. The summed E-state index contributed by atoms with van der Waals surface area (Å²) in [6.45, 7) is -1.19. The first-order valence-corrected chi connectivity index (χ1v) is 6.11. The third kappa shape index (κ3) is 5.55. The minimum atomic E-state index is -1.17. The summed E-state index contributed by atoms with van der Waals surface area (Å²) in [4.78, 5) is 46.8. The van der Waals surface area contributed by atoms with Crippen LogP contribution in [-0.4, -0.2) is 64.9 Å². The van der Waals surface area contributed by atoms with Gasteiger partial charge in [0.05, 0.1) is 0 Å². The Morgan fingerprint density at radius 2 is 1.45 bits per heavy atom. The van der Waals surface area contributed by atoms with Crippen LogP contribution in [-0.2, 0) is 14.4 Å². The van der Waals surface area contributed by atoms with E-state index in [4.69, 9.17) is 16.6 Å². The van der Waals surface area contributed by atoms with Gasteiger partial charge in [-0.1, -0.05) is 0 Å². The summed E-state index contributed by atoms with van der Waals surface area (Å²) in [6.07, 6.45) is 1.85. The van der Waals surface area contributed by atoms with Crippen molar-refractivity contribution in [2.24, 2.45) is 17.4 Å². The van der Waals surface area contributed by atoms with Crippen molar-refractivity contribution < 1.29 is 24.3 Å². The molecule has 0 unspecified atom stereocenters. The van der Waals surface area contributed by atoms with Crippen LogP contribution in [0.5, 0.6) is 0 Å². The molecule has 1 saturated carbocycles. The van der Waals surface area contributed by atoms with E-state index < -0.39 is 43.4 Å². The summed E-state index contributed by atoms with van der Waals surface area (Å²) in [7, 11) is 0. The smallest absolute Gasteiger partial charge is 0.323 e.